The lowest BCUT2D eigenvalue weighted by Gasteiger charge is -2.00. The minimum Gasteiger partial charge on any atom is -0.397 e. The van der Waals surface area contributed by atoms with E-state index < -0.39 is 22.9 Å². The van der Waals surface area contributed by atoms with Crippen LogP contribution in [0, 0.1) is 6.92 Å². The summed E-state index contributed by atoms with van der Waals surface area (Å²) in [6, 6.07) is 6.78. The number of hydrogen-bond donors (Lipinski definition) is 1. The quantitative estimate of drug-likeness (QED) is 0.866. The van der Waals surface area contributed by atoms with E-state index in [0.29, 0.717) is 4.90 Å². The van der Waals surface area contributed by atoms with Gasteiger partial charge in [-0.25, -0.2) is 13.0 Å². The average Bonchev–Trinajstić information content (AvgIpc) is 2.18. The third-order valence-corrected chi connectivity index (χ3v) is 2.97. The van der Waals surface area contributed by atoms with E-state index in [2.05, 4.69) is 0 Å². The Balaban J connectivity index is 2.86. The van der Waals surface area contributed by atoms with Gasteiger partial charge in [-0.2, -0.15) is 0 Å². The number of nitrogens with two attached hydrogens (primary N) is 1. The number of rotatable bonds is 3. The van der Waals surface area contributed by atoms with Crippen LogP contribution in [0.5, 0.6) is 0 Å². The Hall–Kier alpha value is -1.23. The van der Waals surface area contributed by atoms with Crippen LogP contribution in [-0.2, 0) is 10.8 Å². The Labute approximate surface area is 89.2 Å². The van der Waals surface area contributed by atoms with Crippen LogP contribution >= 0.6 is 0 Å². The molecule has 0 fully saturated rings. The van der Waals surface area contributed by atoms with Crippen LogP contribution in [0.2, 0.25) is 0 Å². The first kappa shape index (κ1) is 11.8. The lowest BCUT2D eigenvalue weighted by molar-refractivity contribution is 0.188. The van der Waals surface area contributed by atoms with Gasteiger partial charge in [0.1, 0.15) is 0 Å². The maximum atomic E-state index is 12.0. The van der Waals surface area contributed by atoms with Gasteiger partial charge < -0.3 is 5.73 Å². The molecule has 0 aliphatic heterocycles. The molecule has 0 saturated carbocycles. The summed E-state index contributed by atoms with van der Waals surface area (Å²) in [6.07, 6.45) is -2.76. The van der Waals surface area contributed by atoms with E-state index >= 15 is 0 Å². The van der Waals surface area contributed by atoms with Crippen molar-refractivity contribution in [1.82, 2.24) is 0 Å². The second kappa shape index (κ2) is 5.02. The number of aryl methyl sites for hydroxylation is 1. The summed E-state index contributed by atoms with van der Waals surface area (Å²) in [6.45, 7) is 1.88. The first-order valence-electron chi connectivity index (χ1n) is 4.23. The molecule has 0 bridgehead atoms. The molecule has 1 aromatic carbocycles. The first-order valence-corrected chi connectivity index (χ1v) is 5.44. The van der Waals surface area contributed by atoms with Crippen LogP contribution in [0.1, 0.15) is 5.56 Å². The van der Waals surface area contributed by atoms with Gasteiger partial charge in [0.25, 0.3) is 6.43 Å². The van der Waals surface area contributed by atoms with Gasteiger partial charge in [-0.3, -0.25) is 0 Å². The van der Waals surface area contributed by atoms with Crippen LogP contribution in [0.15, 0.2) is 40.3 Å². The van der Waals surface area contributed by atoms with Gasteiger partial charge in [0.15, 0.2) is 0 Å². The van der Waals surface area contributed by atoms with E-state index in [1.54, 1.807) is 24.3 Å². The Kier molecular flexibility index (Phi) is 3.96. The van der Waals surface area contributed by atoms with Crippen molar-refractivity contribution in [3.8, 4) is 0 Å². The fourth-order valence-electron chi connectivity index (χ4n) is 0.915. The average molecular weight is 231 g/mol. The molecule has 2 nitrogen and oxygen atoms in total. The molecular weight excluding hydrogens is 220 g/mol. The predicted octanol–water partition coefficient (Wildman–Crippen LogP) is 2.17. The second-order valence-electron chi connectivity index (χ2n) is 3.03. The van der Waals surface area contributed by atoms with E-state index in [1.165, 1.54) is 0 Å². The molecule has 1 atom stereocenters. The molecule has 0 aromatic heterocycles. The molecule has 1 rings (SSSR count). The van der Waals surface area contributed by atoms with Gasteiger partial charge in [-0.05, 0) is 19.1 Å². The van der Waals surface area contributed by atoms with Gasteiger partial charge in [-0.1, -0.05) is 17.7 Å². The van der Waals surface area contributed by atoms with E-state index in [9.17, 15) is 13.0 Å². The Bertz CT molecular complexity index is 387. The Morgan fingerprint density at radius 3 is 2.40 bits per heavy atom. The standard InChI is InChI=1S/C10H11F2NOS/c1-7-2-4-8(5-3-7)15(14)6-9(13)10(11)12/h2-6,10H,13H2,1H3/b9-6-. The minimum absolute atomic E-state index is 0.462. The van der Waals surface area contributed by atoms with Crippen LogP contribution < -0.4 is 5.73 Å². The number of allylic oxidation sites excluding steroid dienone is 1. The molecule has 0 saturated heterocycles. The van der Waals surface area contributed by atoms with Crippen LogP contribution in [0.4, 0.5) is 8.78 Å². The highest BCUT2D eigenvalue weighted by Gasteiger charge is 2.08. The molecule has 15 heavy (non-hydrogen) atoms. The molecule has 0 aliphatic carbocycles. The Morgan fingerprint density at radius 2 is 1.93 bits per heavy atom. The number of halogens is 2. The predicted molar refractivity (Wildman–Crippen MR) is 55.9 cm³/mol. The minimum atomic E-state index is -2.76. The van der Waals surface area contributed by atoms with E-state index in [4.69, 9.17) is 5.73 Å². The van der Waals surface area contributed by atoms with Crippen LogP contribution in [0.25, 0.3) is 0 Å². The molecule has 0 spiro atoms. The summed E-state index contributed by atoms with van der Waals surface area (Å²) >= 11 is 0. The fourth-order valence-corrected chi connectivity index (χ4v) is 1.81. The normalized spacial score (nSPS) is 14.3. The highest BCUT2D eigenvalue weighted by molar-refractivity contribution is 7.88. The SMILES string of the molecule is Cc1ccc(S(=O)/C=C(\N)C(F)F)cc1. The zero-order chi connectivity index (χ0) is 11.4. The van der Waals surface area contributed by atoms with Gasteiger partial charge in [0, 0.05) is 10.3 Å². The third kappa shape index (κ3) is 3.43. The van der Waals surface area contributed by atoms with Crippen LogP contribution in [0.3, 0.4) is 0 Å². The molecule has 0 aliphatic rings. The summed E-state index contributed by atoms with van der Waals surface area (Å²) in [5.74, 6) is 0. The maximum absolute atomic E-state index is 12.0. The van der Waals surface area contributed by atoms with E-state index in [0.717, 1.165) is 11.0 Å². The maximum Gasteiger partial charge on any atom is 0.278 e. The number of benzene rings is 1. The number of alkyl halides is 2. The molecule has 1 unspecified atom stereocenters. The zero-order valence-electron chi connectivity index (χ0n) is 8.11. The second-order valence-corrected chi connectivity index (χ2v) is 4.33. The monoisotopic (exact) mass is 231 g/mol. The molecule has 0 radical (unpaired) electrons. The summed E-state index contributed by atoms with van der Waals surface area (Å²) in [7, 11) is -1.61. The summed E-state index contributed by atoms with van der Waals surface area (Å²) < 4.78 is 35.6. The molecular formula is C10H11F2NOS. The first-order chi connectivity index (χ1) is 7.00. The highest BCUT2D eigenvalue weighted by Crippen LogP contribution is 2.11. The van der Waals surface area contributed by atoms with Gasteiger partial charge in [-0.15, -0.1) is 0 Å². The van der Waals surface area contributed by atoms with Crippen molar-refractivity contribution in [2.75, 3.05) is 0 Å². The van der Waals surface area contributed by atoms with Crippen molar-refractivity contribution in [2.24, 2.45) is 5.73 Å². The molecule has 82 valence electrons. The largest absolute Gasteiger partial charge is 0.397 e. The lowest BCUT2D eigenvalue weighted by atomic mass is 10.2. The topological polar surface area (TPSA) is 43.1 Å². The fraction of sp³-hybridized carbons (Fsp3) is 0.200. The molecule has 0 heterocycles. The van der Waals surface area contributed by atoms with E-state index in [1.807, 2.05) is 6.92 Å². The van der Waals surface area contributed by atoms with Crippen molar-refractivity contribution in [2.45, 2.75) is 18.2 Å². The molecule has 1 aromatic rings. The molecule has 0 amide bonds. The van der Waals surface area contributed by atoms with Gasteiger partial charge >= 0.3 is 0 Å². The zero-order valence-corrected chi connectivity index (χ0v) is 8.93. The van der Waals surface area contributed by atoms with Crippen molar-refractivity contribution in [1.29, 1.82) is 0 Å². The Morgan fingerprint density at radius 1 is 1.40 bits per heavy atom. The lowest BCUT2D eigenvalue weighted by Crippen LogP contribution is -2.08. The van der Waals surface area contributed by atoms with Crippen molar-refractivity contribution in [3.05, 3.63) is 40.9 Å². The summed E-state index contributed by atoms with van der Waals surface area (Å²) in [5, 5.41) is 0.870. The van der Waals surface area contributed by atoms with Gasteiger partial charge in [0.2, 0.25) is 0 Å². The van der Waals surface area contributed by atoms with Crippen LogP contribution in [-0.4, -0.2) is 10.6 Å². The summed E-state index contributed by atoms with van der Waals surface area (Å²) in [4.78, 5) is 0.462. The smallest absolute Gasteiger partial charge is 0.278 e. The summed E-state index contributed by atoms with van der Waals surface area (Å²) in [5.41, 5.74) is 5.36. The number of hydrogen-bond acceptors (Lipinski definition) is 2. The third-order valence-electron chi connectivity index (χ3n) is 1.75. The van der Waals surface area contributed by atoms with Crippen molar-refractivity contribution >= 4 is 10.8 Å². The molecule has 5 heteroatoms. The van der Waals surface area contributed by atoms with E-state index in [-0.39, 0.29) is 0 Å². The van der Waals surface area contributed by atoms with Gasteiger partial charge in [0.05, 0.1) is 16.5 Å². The van der Waals surface area contributed by atoms with Crippen molar-refractivity contribution < 1.29 is 13.0 Å². The highest BCUT2D eigenvalue weighted by atomic mass is 32.2. The molecule has 2 N–H and O–H groups in total. The van der Waals surface area contributed by atoms with Crippen molar-refractivity contribution in [3.63, 3.8) is 0 Å².